The van der Waals surface area contributed by atoms with Gasteiger partial charge in [-0.2, -0.15) is 0 Å². The fourth-order valence-electron chi connectivity index (χ4n) is 2.62. The summed E-state index contributed by atoms with van der Waals surface area (Å²) in [7, 11) is 0. The van der Waals surface area contributed by atoms with Gasteiger partial charge in [0.25, 0.3) is 0 Å². The number of aromatic nitrogens is 3. The Hall–Kier alpha value is -2.88. The number of rotatable bonds is 3. The summed E-state index contributed by atoms with van der Waals surface area (Å²) in [5.74, 6) is 1.54. The standard InChI is InChI=1S/C18H15N3O/c1-2-22-15-8-5-7-14(12-15)17-19-18-16-9-4-3-6-13(16)10-11-21(18)20-17/h3-12H,2H2,1H3. The molecule has 22 heavy (non-hydrogen) atoms. The number of hydrogen-bond donors (Lipinski definition) is 0. The lowest BCUT2D eigenvalue weighted by atomic mass is 10.2. The van der Waals surface area contributed by atoms with Crippen LogP contribution in [0.3, 0.4) is 0 Å². The second-order valence-electron chi connectivity index (χ2n) is 5.07. The molecule has 4 rings (SSSR count). The van der Waals surface area contributed by atoms with Crippen molar-refractivity contribution in [3.8, 4) is 17.1 Å². The molecule has 2 aromatic carbocycles. The van der Waals surface area contributed by atoms with Crippen LogP contribution in [0.4, 0.5) is 0 Å². The quantitative estimate of drug-likeness (QED) is 0.573. The predicted octanol–water partition coefficient (Wildman–Crippen LogP) is 3.95. The fourth-order valence-corrected chi connectivity index (χ4v) is 2.62. The van der Waals surface area contributed by atoms with Gasteiger partial charge < -0.3 is 4.74 Å². The average Bonchev–Trinajstić information content (AvgIpc) is 3.00. The van der Waals surface area contributed by atoms with Gasteiger partial charge in [-0.25, -0.2) is 9.50 Å². The Kier molecular flexibility index (Phi) is 3.00. The zero-order valence-electron chi connectivity index (χ0n) is 12.2. The molecule has 0 saturated heterocycles. The third-order valence-electron chi connectivity index (χ3n) is 3.63. The van der Waals surface area contributed by atoms with Crippen LogP contribution in [0.15, 0.2) is 60.8 Å². The average molecular weight is 289 g/mol. The molecule has 0 spiro atoms. The maximum Gasteiger partial charge on any atom is 0.182 e. The Morgan fingerprint density at radius 3 is 2.86 bits per heavy atom. The van der Waals surface area contributed by atoms with Crippen molar-refractivity contribution in [2.45, 2.75) is 6.92 Å². The molecule has 0 aliphatic carbocycles. The van der Waals surface area contributed by atoms with E-state index in [0.717, 1.165) is 27.7 Å². The zero-order chi connectivity index (χ0) is 14.9. The van der Waals surface area contributed by atoms with E-state index in [1.807, 2.05) is 54.0 Å². The first-order valence-electron chi connectivity index (χ1n) is 7.32. The van der Waals surface area contributed by atoms with E-state index in [1.165, 1.54) is 0 Å². The molecule has 4 heteroatoms. The molecule has 4 nitrogen and oxygen atoms in total. The van der Waals surface area contributed by atoms with Crippen LogP contribution in [0, 0.1) is 0 Å². The van der Waals surface area contributed by atoms with E-state index in [1.54, 1.807) is 0 Å². The largest absolute Gasteiger partial charge is 0.494 e. The van der Waals surface area contributed by atoms with Crippen LogP contribution in [0.2, 0.25) is 0 Å². The van der Waals surface area contributed by atoms with Crippen molar-refractivity contribution < 1.29 is 4.74 Å². The van der Waals surface area contributed by atoms with Crippen LogP contribution in [0.25, 0.3) is 27.8 Å². The lowest BCUT2D eigenvalue weighted by Crippen LogP contribution is -1.91. The van der Waals surface area contributed by atoms with E-state index in [0.29, 0.717) is 12.4 Å². The van der Waals surface area contributed by atoms with Gasteiger partial charge in [0.05, 0.1) is 6.61 Å². The summed E-state index contributed by atoms with van der Waals surface area (Å²) in [5.41, 5.74) is 1.83. The van der Waals surface area contributed by atoms with Gasteiger partial charge in [-0.15, -0.1) is 5.10 Å². The molecule has 0 amide bonds. The van der Waals surface area contributed by atoms with E-state index in [9.17, 15) is 0 Å². The second kappa shape index (κ2) is 5.15. The van der Waals surface area contributed by atoms with Gasteiger partial charge in [-0.1, -0.05) is 36.4 Å². The molecule has 2 heterocycles. The third-order valence-corrected chi connectivity index (χ3v) is 3.63. The summed E-state index contributed by atoms with van der Waals surface area (Å²) in [4.78, 5) is 4.71. The normalized spacial score (nSPS) is 11.1. The highest BCUT2D eigenvalue weighted by atomic mass is 16.5. The number of benzene rings is 2. The molecule has 108 valence electrons. The van der Waals surface area contributed by atoms with Gasteiger partial charge in [0.2, 0.25) is 0 Å². The van der Waals surface area contributed by atoms with Crippen LogP contribution < -0.4 is 4.74 Å². The molecule has 4 aromatic rings. The van der Waals surface area contributed by atoms with Crippen molar-refractivity contribution >= 4 is 16.4 Å². The smallest absolute Gasteiger partial charge is 0.182 e. The minimum absolute atomic E-state index is 0.646. The summed E-state index contributed by atoms with van der Waals surface area (Å²) in [5, 5.41) is 6.85. The molecule has 0 aliphatic rings. The first kappa shape index (κ1) is 12.8. The molecule has 0 bridgehead atoms. The number of ether oxygens (including phenoxy) is 1. The summed E-state index contributed by atoms with van der Waals surface area (Å²) >= 11 is 0. The zero-order valence-corrected chi connectivity index (χ0v) is 12.2. The molecule has 0 saturated carbocycles. The lowest BCUT2D eigenvalue weighted by Gasteiger charge is -2.03. The van der Waals surface area contributed by atoms with Crippen molar-refractivity contribution in [1.29, 1.82) is 0 Å². The minimum Gasteiger partial charge on any atom is -0.494 e. The Bertz CT molecular complexity index is 959. The summed E-state index contributed by atoms with van der Waals surface area (Å²) < 4.78 is 7.37. The number of nitrogens with zero attached hydrogens (tertiary/aromatic N) is 3. The SMILES string of the molecule is CCOc1cccc(-c2nc3c4ccccc4ccn3n2)c1. The molecule has 2 aromatic heterocycles. The van der Waals surface area contributed by atoms with Crippen molar-refractivity contribution in [2.75, 3.05) is 6.61 Å². The molecule has 0 atom stereocenters. The molecular weight excluding hydrogens is 274 g/mol. The van der Waals surface area contributed by atoms with E-state index in [2.05, 4.69) is 23.3 Å². The monoisotopic (exact) mass is 289 g/mol. The number of hydrogen-bond acceptors (Lipinski definition) is 3. The molecular formula is C18H15N3O. The van der Waals surface area contributed by atoms with Gasteiger partial charge in [-0.3, -0.25) is 0 Å². The van der Waals surface area contributed by atoms with Crippen molar-refractivity contribution in [3.05, 3.63) is 60.8 Å². The Balaban J connectivity index is 1.89. The lowest BCUT2D eigenvalue weighted by molar-refractivity contribution is 0.340. The van der Waals surface area contributed by atoms with E-state index in [-0.39, 0.29) is 0 Å². The maximum absolute atomic E-state index is 5.55. The van der Waals surface area contributed by atoms with Crippen molar-refractivity contribution in [3.63, 3.8) is 0 Å². The summed E-state index contributed by atoms with van der Waals surface area (Å²) in [6.07, 6.45) is 1.95. The van der Waals surface area contributed by atoms with E-state index < -0.39 is 0 Å². The van der Waals surface area contributed by atoms with Crippen LogP contribution in [-0.2, 0) is 0 Å². The van der Waals surface area contributed by atoms with Crippen LogP contribution in [0.1, 0.15) is 6.92 Å². The van der Waals surface area contributed by atoms with Crippen molar-refractivity contribution in [2.24, 2.45) is 0 Å². The summed E-state index contributed by atoms with van der Waals surface area (Å²) in [6.45, 7) is 2.62. The van der Waals surface area contributed by atoms with E-state index >= 15 is 0 Å². The Labute approximate surface area is 128 Å². The third kappa shape index (κ3) is 2.09. The Morgan fingerprint density at radius 1 is 1.05 bits per heavy atom. The van der Waals surface area contributed by atoms with Gasteiger partial charge in [0.1, 0.15) is 5.75 Å². The van der Waals surface area contributed by atoms with Crippen LogP contribution in [0.5, 0.6) is 5.75 Å². The van der Waals surface area contributed by atoms with Gasteiger partial charge in [-0.05, 0) is 30.5 Å². The first-order valence-corrected chi connectivity index (χ1v) is 7.32. The van der Waals surface area contributed by atoms with Crippen LogP contribution >= 0.6 is 0 Å². The fraction of sp³-hybridized carbons (Fsp3) is 0.111. The molecule has 0 radical (unpaired) electrons. The molecule has 0 aliphatic heterocycles. The van der Waals surface area contributed by atoms with Crippen LogP contribution in [-0.4, -0.2) is 21.2 Å². The van der Waals surface area contributed by atoms with Gasteiger partial charge in [0, 0.05) is 17.1 Å². The van der Waals surface area contributed by atoms with Crippen molar-refractivity contribution in [1.82, 2.24) is 14.6 Å². The highest BCUT2D eigenvalue weighted by molar-refractivity contribution is 5.94. The highest BCUT2D eigenvalue weighted by Crippen LogP contribution is 2.24. The first-order chi connectivity index (χ1) is 10.8. The molecule has 0 unspecified atom stereocenters. The van der Waals surface area contributed by atoms with Gasteiger partial charge in [0.15, 0.2) is 11.5 Å². The summed E-state index contributed by atoms with van der Waals surface area (Å²) in [6, 6.07) is 18.1. The second-order valence-corrected chi connectivity index (χ2v) is 5.07. The Morgan fingerprint density at radius 2 is 1.95 bits per heavy atom. The van der Waals surface area contributed by atoms with E-state index in [4.69, 9.17) is 9.72 Å². The molecule has 0 N–H and O–H groups in total. The molecule has 0 fully saturated rings. The minimum atomic E-state index is 0.646. The maximum atomic E-state index is 5.55. The predicted molar refractivity (Wildman–Crippen MR) is 87.1 cm³/mol. The van der Waals surface area contributed by atoms with Gasteiger partial charge >= 0.3 is 0 Å². The topological polar surface area (TPSA) is 39.4 Å². The number of pyridine rings is 1. The highest BCUT2D eigenvalue weighted by Gasteiger charge is 2.09. The number of fused-ring (bicyclic) bond motifs is 3.